The number of nitrogens with zero attached hydrogens (tertiary/aromatic N) is 2. The van der Waals surface area contributed by atoms with Crippen molar-refractivity contribution in [2.45, 2.75) is 0 Å². The Labute approximate surface area is 154 Å². The van der Waals surface area contributed by atoms with Crippen LogP contribution in [0.2, 0.25) is 0 Å². The van der Waals surface area contributed by atoms with E-state index in [1.165, 1.54) is 0 Å². The highest BCUT2D eigenvalue weighted by Gasteiger charge is 2.39. The summed E-state index contributed by atoms with van der Waals surface area (Å²) in [6.07, 6.45) is 10.8. The van der Waals surface area contributed by atoms with Crippen LogP contribution in [0.3, 0.4) is 0 Å². The van der Waals surface area contributed by atoms with Gasteiger partial charge in [0.2, 0.25) is 9.84 Å². The van der Waals surface area contributed by atoms with E-state index in [9.17, 15) is 8.42 Å². The predicted octanol–water partition coefficient (Wildman–Crippen LogP) is 1.30. The average molecular weight is 372 g/mol. The fraction of sp³-hybridized carbons (Fsp3) is 0. The number of allylic oxidation sites excluding steroid dienone is 5. The number of aromatic amines is 2. The van der Waals surface area contributed by atoms with Gasteiger partial charge < -0.3 is 9.97 Å². The second-order valence-corrected chi connectivity index (χ2v) is 8.44. The van der Waals surface area contributed by atoms with E-state index in [0.717, 1.165) is 16.4 Å². The number of aliphatic imine (C=N–C) groups is 2. The van der Waals surface area contributed by atoms with Crippen molar-refractivity contribution in [2.24, 2.45) is 9.98 Å². The molecular formula is C20H12N4O2S. The van der Waals surface area contributed by atoms with Crippen LogP contribution in [-0.4, -0.2) is 29.8 Å². The minimum atomic E-state index is -3.76. The van der Waals surface area contributed by atoms with Crippen LogP contribution in [0.5, 0.6) is 0 Å². The molecule has 0 amide bonds. The monoisotopic (exact) mass is 372 g/mol. The molecule has 0 saturated heterocycles. The molecule has 2 N–H and O–H groups in total. The molecule has 2 aromatic heterocycles. The van der Waals surface area contributed by atoms with E-state index in [4.69, 9.17) is 0 Å². The Bertz CT molecular complexity index is 1470. The Morgan fingerprint density at radius 1 is 0.741 bits per heavy atom. The van der Waals surface area contributed by atoms with E-state index in [1.54, 1.807) is 24.3 Å². The number of sulfone groups is 1. The van der Waals surface area contributed by atoms with Gasteiger partial charge in [-0.1, -0.05) is 0 Å². The number of fused-ring (bicyclic) bond motifs is 10. The zero-order valence-corrected chi connectivity index (χ0v) is 14.7. The third-order valence-electron chi connectivity index (χ3n) is 4.84. The fourth-order valence-corrected chi connectivity index (χ4v) is 5.46. The van der Waals surface area contributed by atoms with Crippen molar-refractivity contribution in [3.63, 3.8) is 0 Å². The second kappa shape index (κ2) is 4.83. The van der Waals surface area contributed by atoms with E-state index in [1.807, 2.05) is 36.4 Å². The summed E-state index contributed by atoms with van der Waals surface area (Å²) in [4.78, 5) is 15.9. The molecule has 10 bridgehead atoms. The van der Waals surface area contributed by atoms with Crippen LogP contribution in [0.4, 0.5) is 0 Å². The van der Waals surface area contributed by atoms with Gasteiger partial charge in [-0.25, -0.2) is 18.4 Å². The third kappa shape index (κ3) is 2.03. The van der Waals surface area contributed by atoms with Crippen LogP contribution in [0.15, 0.2) is 74.9 Å². The third-order valence-corrected chi connectivity index (χ3v) is 6.76. The molecule has 7 heteroatoms. The van der Waals surface area contributed by atoms with Crippen LogP contribution in [-0.2, 0) is 9.84 Å². The lowest BCUT2D eigenvalue weighted by atomic mass is 10.3. The molecular weight excluding hydrogens is 360 g/mol. The van der Waals surface area contributed by atoms with Crippen LogP contribution in [0.25, 0.3) is 17.1 Å². The summed E-state index contributed by atoms with van der Waals surface area (Å²) < 4.78 is 26.9. The molecule has 0 aliphatic carbocycles. The maximum Gasteiger partial charge on any atom is 0.215 e. The topological polar surface area (TPSA) is 90.4 Å². The quantitative estimate of drug-likeness (QED) is 0.730. The van der Waals surface area contributed by atoms with Gasteiger partial charge in [0.15, 0.2) is 0 Å². The normalized spacial score (nSPS) is 20.9. The molecule has 27 heavy (non-hydrogen) atoms. The Morgan fingerprint density at radius 3 is 2.41 bits per heavy atom. The lowest BCUT2D eigenvalue weighted by molar-refractivity contribution is 0.612. The van der Waals surface area contributed by atoms with Crippen molar-refractivity contribution in [1.29, 1.82) is 0 Å². The molecule has 0 fully saturated rings. The number of H-pyrrole nitrogens is 2. The lowest BCUT2D eigenvalue weighted by Gasteiger charge is -2.16. The summed E-state index contributed by atoms with van der Waals surface area (Å²) in [7, 11) is -3.76. The van der Waals surface area contributed by atoms with Crippen LogP contribution in [0, 0.1) is 0 Å². The second-order valence-electron chi connectivity index (χ2n) is 6.62. The van der Waals surface area contributed by atoms with Gasteiger partial charge in [-0.2, -0.15) is 0 Å². The lowest BCUT2D eigenvalue weighted by Crippen LogP contribution is -2.18. The first kappa shape index (κ1) is 14.7. The molecule has 4 aliphatic rings. The molecule has 0 radical (unpaired) electrons. The van der Waals surface area contributed by atoms with E-state index < -0.39 is 9.84 Å². The summed E-state index contributed by atoms with van der Waals surface area (Å²) in [6.45, 7) is 0. The number of rotatable bonds is 0. The summed E-state index contributed by atoms with van der Waals surface area (Å²) >= 11 is 0. The highest BCUT2D eigenvalue weighted by atomic mass is 32.2. The Kier molecular flexibility index (Phi) is 2.63. The van der Waals surface area contributed by atoms with Gasteiger partial charge in [-0.05, 0) is 60.7 Å². The summed E-state index contributed by atoms with van der Waals surface area (Å²) in [5, 5.41) is 1.81. The molecule has 6 heterocycles. The standard InChI is InChI=1S/C20H12N4O2S/c25-27(26)19-15-5-3-13(22-15)9-11-1-2-12(21-11)10-14-4-6-16(23-14)20(27)18-8-7-17(19)24-18/h1-10,21-22H. The molecule has 0 saturated carbocycles. The fourth-order valence-electron chi connectivity index (χ4n) is 3.68. The van der Waals surface area contributed by atoms with Gasteiger partial charge in [-0.15, -0.1) is 0 Å². The predicted molar refractivity (Wildman–Crippen MR) is 105 cm³/mol. The van der Waals surface area contributed by atoms with Crippen LogP contribution < -0.4 is 10.7 Å². The molecule has 4 aliphatic heterocycles. The maximum absolute atomic E-state index is 13.5. The SMILES string of the molecule is O=S1(=O)C2=C3C=CC(=N3)C=c3ccc([nH]3)=Cc3ccc([nH]3)C1=C1C=CC2=N1. The van der Waals surface area contributed by atoms with E-state index in [0.29, 0.717) is 28.5 Å². The van der Waals surface area contributed by atoms with Crippen molar-refractivity contribution < 1.29 is 8.42 Å². The number of aromatic nitrogens is 2. The zero-order chi connectivity index (χ0) is 18.2. The summed E-state index contributed by atoms with van der Waals surface area (Å²) in [5.41, 5.74) is 3.32. The first-order chi connectivity index (χ1) is 13.1. The zero-order valence-electron chi connectivity index (χ0n) is 13.9. The minimum Gasteiger partial charge on any atom is -0.355 e. The van der Waals surface area contributed by atoms with Gasteiger partial charge in [0.1, 0.15) is 9.81 Å². The van der Waals surface area contributed by atoms with Crippen LogP contribution >= 0.6 is 0 Å². The number of hydrogen-bond donors (Lipinski definition) is 2. The highest BCUT2D eigenvalue weighted by Crippen LogP contribution is 2.40. The minimum absolute atomic E-state index is 0.152. The van der Waals surface area contributed by atoms with E-state index in [-0.39, 0.29) is 9.81 Å². The van der Waals surface area contributed by atoms with Gasteiger partial charge in [0, 0.05) is 16.4 Å². The first-order valence-corrected chi connectivity index (χ1v) is 9.92. The van der Waals surface area contributed by atoms with Crippen molar-refractivity contribution in [3.8, 4) is 0 Å². The average Bonchev–Trinajstić information content (AvgIpc) is 3.38. The van der Waals surface area contributed by atoms with Gasteiger partial charge in [-0.3, -0.25) is 0 Å². The van der Waals surface area contributed by atoms with E-state index in [2.05, 4.69) is 20.0 Å². The molecule has 0 atom stereocenters. The summed E-state index contributed by atoms with van der Waals surface area (Å²) in [5.74, 6) is 0. The molecule has 0 spiro atoms. The molecule has 0 unspecified atom stereocenters. The van der Waals surface area contributed by atoms with Gasteiger partial charge in [0.25, 0.3) is 0 Å². The largest absolute Gasteiger partial charge is 0.355 e. The van der Waals surface area contributed by atoms with Crippen molar-refractivity contribution >= 4 is 38.3 Å². The number of hydrogen-bond acceptors (Lipinski definition) is 4. The number of nitrogens with one attached hydrogen (secondary N) is 2. The molecule has 2 aromatic rings. The first-order valence-electron chi connectivity index (χ1n) is 8.43. The maximum atomic E-state index is 13.5. The smallest absolute Gasteiger partial charge is 0.215 e. The summed E-state index contributed by atoms with van der Waals surface area (Å²) in [6, 6.07) is 7.57. The molecule has 130 valence electrons. The van der Waals surface area contributed by atoms with E-state index >= 15 is 0 Å². The molecule has 6 rings (SSSR count). The Hall–Kier alpha value is -3.45. The molecule has 6 nitrogen and oxygen atoms in total. The highest BCUT2D eigenvalue weighted by molar-refractivity contribution is 8.05. The van der Waals surface area contributed by atoms with Crippen molar-refractivity contribution in [2.75, 3.05) is 0 Å². The Morgan fingerprint density at radius 2 is 1.52 bits per heavy atom. The van der Waals surface area contributed by atoms with Crippen LogP contribution in [0.1, 0.15) is 11.4 Å². The van der Waals surface area contributed by atoms with Gasteiger partial charge >= 0.3 is 0 Å². The van der Waals surface area contributed by atoms with Crippen molar-refractivity contribution in [3.05, 3.63) is 87.0 Å². The van der Waals surface area contributed by atoms with Gasteiger partial charge in [0.05, 0.1) is 28.5 Å². The Balaban J connectivity index is 1.77. The van der Waals surface area contributed by atoms with Crippen molar-refractivity contribution in [1.82, 2.24) is 9.97 Å². The molecule has 0 aromatic carbocycles.